The van der Waals surface area contributed by atoms with Crippen LogP contribution in [0.4, 0.5) is 5.69 Å². The van der Waals surface area contributed by atoms with Crippen molar-refractivity contribution in [2.75, 3.05) is 26.0 Å². The Morgan fingerprint density at radius 2 is 1.48 bits per heavy atom. The third-order valence-electron chi connectivity index (χ3n) is 4.36. The molecule has 0 saturated carbocycles. The van der Waals surface area contributed by atoms with Crippen LogP contribution in [0.1, 0.15) is 17.3 Å². The van der Waals surface area contributed by atoms with E-state index in [1.54, 1.807) is 36.4 Å². The maximum absolute atomic E-state index is 12.6. The third kappa shape index (κ3) is 5.62. The van der Waals surface area contributed by atoms with Crippen LogP contribution in [-0.2, 0) is 10.0 Å². The molecule has 3 rings (SSSR count). The van der Waals surface area contributed by atoms with Gasteiger partial charge in [0.25, 0.3) is 5.91 Å². The Balaban J connectivity index is 1.66. The Kier molecular flexibility index (Phi) is 6.94. The molecule has 0 atom stereocenters. The third-order valence-corrected chi connectivity index (χ3v) is 6.17. The zero-order valence-electron chi connectivity index (χ0n) is 17.5. The first kappa shape index (κ1) is 22.3. The minimum absolute atomic E-state index is 0.0595. The Morgan fingerprint density at radius 1 is 0.903 bits per heavy atom. The van der Waals surface area contributed by atoms with Gasteiger partial charge < -0.3 is 14.8 Å². The summed E-state index contributed by atoms with van der Waals surface area (Å²) in [6.45, 7) is 2.52. The van der Waals surface area contributed by atoms with Crippen LogP contribution in [0.2, 0.25) is 0 Å². The molecule has 0 saturated heterocycles. The summed E-state index contributed by atoms with van der Waals surface area (Å²) in [6, 6.07) is 20.1. The molecule has 162 valence electrons. The van der Waals surface area contributed by atoms with Gasteiger partial charge in [-0.25, -0.2) is 12.7 Å². The summed E-state index contributed by atoms with van der Waals surface area (Å²) >= 11 is 0. The SMILES string of the molecule is CCOc1ccc(Oc2ccc(NC(=O)c3cccc(S(=O)(=O)N(C)C)c3)cc2)cc1. The summed E-state index contributed by atoms with van der Waals surface area (Å²) in [4.78, 5) is 12.6. The van der Waals surface area contributed by atoms with Crippen LogP contribution >= 0.6 is 0 Å². The number of anilines is 1. The summed E-state index contributed by atoms with van der Waals surface area (Å²) in [5.41, 5.74) is 0.808. The highest BCUT2D eigenvalue weighted by Gasteiger charge is 2.18. The molecule has 3 aromatic rings. The fraction of sp³-hybridized carbons (Fsp3) is 0.174. The average molecular weight is 441 g/mol. The van der Waals surface area contributed by atoms with E-state index in [4.69, 9.17) is 9.47 Å². The molecule has 0 spiro atoms. The lowest BCUT2D eigenvalue weighted by Crippen LogP contribution is -2.22. The zero-order chi connectivity index (χ0) is 22.4. The number of nitrogens with zero attached hydrogens (tertiary/aromatic N) is 1. The number of rotatable bonds is 8. The molecule has 31 heavy (non-hydrogen) atoms. The molecule has 0 aliphatic heterocycles. The number of amides is 1. The molecule has 1 amide bonds. The van der Waals surface area contributed by atoms with Crippen LogP contribution in [0.25, 0.3) is 0 Å². The van der Waals surface area contributed by atoms with Crippen molar-refractivity contribution in [3.63, 3.8) is 0 Å². The molecule has 0 heterocycles. The molecule has 0 aromatic heterocycles. The summed E-state index contributed by atoms with van der Waals surface area (Å²) in [5.74, 6) is 1.65. The molecule has 0 fully saturated rings. The number of hydrogen-bond acceptors (Lipinski definition) is 5. The summed E-state index contributed by atoms with van der Waals surface area (Å²) in [5, 5.41) is 2.76. The molecule has 0 bridgehead atoms. The van der Waals surface area contributed by atoms with Gasteiger partial charge in [0.15, 0.2) is 0 Å². The minimum atomic E-state index is -3.62. The van der Waals surface area contributed by atoms with Gasteiger partial charge in [0.05, 0.1) is 11.5 Å². The van der Waals surface area contributed by atoms with E-state index in [0.29, 0.717) is 23.8 Å². The van der Waals surface area contributed by atoms with Crippen LogP contribution in [0, 0.1) is 0 Å². The van der Waals surface area contributed by atoms with Crippen molar-refractivity contribution < 1.29 is 22.7 Å². The van der Waals surface area contributed by atoms with Gasteiger partial charge in [0.2, 0.25) is 10.0 Å². The summed E-state index contributed by atoms with van der Waals surface area (Å²) in [7, 11) is -0.731. The van der Waals surface area contributed by atoms with E-state index in [1.165, 1.54) is 26.2 Å². The summed E-state index contributed by atoms with van der Waals surface area (Å²) in [6.07, 6.45) is 0. The quantitative estimate of drug-likeness (QED) is 0.562. The van der Waals surface area contributed by atoms with E-state index in [-0.39, 0.29) is 10.5 Å². The van der Waals surface area contributed by atoms with E-state index >= 15 is 0 Å². The first-order chi connectivity index (χ1) is 14.8. The van der Waals surface area contributed by atoms with Gasteiger partial charge in [-0.1, -0.05) is 6.07 Å². The number of carbonyl (C=O) groups excluding carboxylic acids is 1. The molecule has 7 nitrogen and oxygen atoms in total. The van der Waals surface area contributed by atoms with E-state index in [0.717, 1.165) is 10.1 Å². The fourth-order valence-corrected chi connectivity index (χ4v) is 3.67. The van der Waals surface area contributed by atoms with Gasteiger partial charge in [-0.05, 0) is 73.7 Å². The van der Waals surface area contributed by atoms with Crippen LogP contribution < -0.4 is 14.8 Å². The maximum Gasteiger partial charge on any atom is 0.255 e. The van der Waals surface area contributed by atoms with E-state index in [2.05, 4.69) is 5.32 Å². The minimum Gasteiger partial charge on any atom is -0.494 e. The van der Waals surface area contributed by atoms with Crippen molar-refractivity contribution >= 4 is 21.6 Å². The molecule has 0 unspecified atom stereocenters. The number of nitrogens with one attached hydrogen (secondary N) is 1. The van der Waals surface area contributed by atoms with Gasteiger partial charge in [0, 0.05) is 25.3 Å². The second-order valence-electron chi connectivity index (χ2n) is 6.80. The molecular weight excluding hydrogens is 416 g/mol. The largest absolute Gasteiger partial charge is 0.494 e. The molecule has 3 aromatic carbocycles. The molecule has 0 aliphatic carbocycles. The standard InChI is InChI=1S/C23H24N2O5S/c1-4-29-19-12-14-21(15-13-19)30-20-10-8-18(9-11-20)24-23(26)17-6-5-7-22(16-17)31(27,28)25(2)3/h5-16H,4H2,1-3H3,(H,24,26). The lowest BCUT2D eigenvalue weighted by molar-refractivity contribution is 0.102. The van der Waals surface area contributed by atoms with Gasteiger partial charge in [0.1, 0.15) is 17.2 Å². The number of ether oxygens (including phenoxy) is 2. The van der Waals surface area contributed by atoms with Crippen LogP contribution in [0.3, 0.4) is 0 Å². The lowest BCUT2D eigenvalue weighted by Gasteiger charge is -2.12. The predicted octanol–water partition coefficient (Wildman–Crippen LogP) is 4.38. The van der Waals surface area contributed by atoms with Crippen molar-refractivity contribution in [3.8, 4) is 17.2 Å². The van der Waals surface area contributed by atoms with Crippen molar-refractivity contribution in [1.82, 2.24) is 4.31 Å². The Hall–Kier alpha value is -3.36. The molecular formula is C23H24N2O5S. The Labute approximate surface area is 182 Å². The Morgan fingerprint density at radius 3 is 2.06 bits per heavy atom. The number of sulfonamides is 1. The summed E-state index contributed by atoms with van der Waals surface area (Å²) < 4.78 is 36.9. The zero-order valence-corrected chi connectivity index (χ0v) is 18.3. The van der Waals surface area contributed by atoms with E-state index in [9.17, 15) is 13.2 Å². The topological polar surface area (TPSA) is 84.9 Å². The normalized spacial score (nSPS) is 11.2. The van der Waals surface area contributed by atoms with Crippen LogP contribution in [-0.4, -0.2) is 39.3 Å². The average Bonchev–Trinajstić information content (AvgIpc) is 2.76. The van der Waals surface area contributed by atoms with Crippen molar-refractivity contribution in [2.24, 2.45) is 0 Å². The second-order valence-corrected chi connectivity index (χ2v) is 8.95. The van der Waals surface area contributed by atoms with Crippen molar-refractivity contribution in [1.29, 1.82) is 0 Å². The molecule has 0 aliphatic rings. The highest BCUT2D eigenvalue weighted by molar-refractivity contribution is 7.89. The van der Waals surface area contributed by atoms with Crippen molar-refractivity contribution in [2.45, 2.75) is 11.8 Å². The lowest BCUT2D eigenvalue weighted by atomic mass is 10.2. The highest BCUT2D eigenvalue weighted by Crippen LogP contribution is 2.25. The number of hydrogen-bond donors (Lipinski definition) is 1. The first-order valence-corrected chi connectivity index (χ1v) is 11.1. The van der Waals surface area contributed by atoms with Gasteiger partial charge in [-0.3, -0.25) is 4.79 Å². The van der Waals surface area contributed by atoms with Crippen molar-refractivity contribution in [3.05, 3.63) is 78.4 Å². The number of carbonyl (C=O) groups is 1. The number of benzene rings is 3. The predicted molar refractivity (Wildman–Crippen MR) is 119 cm³/mol. The van der Waals surface area contributed by atoms with Crippen LogP contribution in [0.5, 0.6) is 17.2 Å². The van der Waals surface area contributed by atoms with Gasteiger partial charge in [-0.2, -0.15) is 0 Å². The Bertz CT molecular complexity index is 1140. The van der Waals surface area contributed by atoms with E-state index in [1.807, 2.05) is 31.2 Å². The highest BCUT2D eigenvalue weighted by atomic mass is 32.2. The molecule has 8 heteroatoms. The molecule has 0 radical (unpaired) electrons. The van der Waals surface area contributed by atoms with Crippen LogP contribution in [0.15, 0.2) is 77.7 Å². The smallest absolute Gasteiger partial charge is 0.255 e. The molecule has 1 N–H and O–H groups in total. The fourth-order valence-electron chi connectivity index (χ4n) is 2.72. The maximum atomic E-state index is 12.6. The monoisotopic (exact) mass is 440 g/mol. The van der Waals surface area contributed by atoms with E-state index < -0.39 is 15.9 Å². The second kappa shape index (κ2) is 9.63. The first-order valence-electron chi connectivity index (χ1n) is 9.64. The van der Waals surface area contributed by atoms with Gasteiger partial charge in [-0.15, -0.1) is 0 Å². The van der Waals surface area contributed by atoms with Gasteiger partial charge >= 0.3 is 0 Å².